The topological polar surface area (TPSA) is 78.4 Å². The molecule has 0 fully saturated rings. The average molecular weight is 332 g/mol. The fourth-order valence-corrected chi connectivity index (χ4v) is 2.00. The van der Waals surface area contributed by atoms with Crippen LogP contribution in [0.3, 0.4) is 0 Å². The molecule has 0 aliphatic carbocycles. The Morgan fingerprint density at radius 3 is 2.75 bits per heavy atom. The fraction of sp³-hybridized carbons (Fsp3) is 0.0625. The number of halogens is 2. The summed E-state index contributed by atoms with van der Waals surface area (Å²) in [5.74, 6) is -1.21. The first kappa shape index (κ1) is 15.6. The number of benzene rings is 2. The number of non-ortho nitro benzene ring substituents is 1. The molecule has 0 bridgehead atoms. The van der Waals surface area contributed by atoms with E-state index >= 15 is 0 Å². The molecule has 3 aromatic rings. The molecule has 122 valence electrons. The molecule has 0 radical (unpaired) electrons. The van der Waals surface area contributed by atoms with Gasteiger partial charge in [-0.15, -0.1) is 0 Å². The molecule has 3 rings (SSSR count). The van der Waals surface area contributed by atoms with E-state index in [0.717, 1.165) is 12.1 Å². The summed E-state index contributed by atoms with van der Waals surface area (Å²) in [6.07, 6.45) is 1.31. The molecular weight excluding hydrogens is 322 g/mol. The maximum atomic E-state index is 13.7. The first-order valence-electron chi connectivity index (χ1n) is 6.80. The van der Waals surface area contributed by atoms with Crippen LogP contribution in [-0.4, -0.2) is 9.91 Å². The Balaban J connectivity index is 1.71. The van der Waals surface area contributed by atoms with Gasteiger partial charge < -0.3 is 9.15 Å². The highest BCUT2D eigenvalue weighted by molar-refractivity contribution is 5.52. The molecule has 24 heavy (non-hydrogen) atoms. The van der Waals surface area contributed by atoms with Gasteiger partial charge in [0.25, 0.3) is 5.69 Å². The number of hydrogen-bond donors (Lipinski definition) is 0. The van der Waals surface area contributed by atoms with Gasteiger partial charge in [-0.2, -0.15) is 0 Å². The summed E-state index contributed by atoms with van der Waals surface area (Å²) in [5.41, 5.74) is 0.462. The lowest BCUT2D eigenvalue weighted by molar-refractivity contribution is -0.385. The Kier molecular flexibility index (Phi) is 4.19. The largest absolute Gasteiger partial charge is 0.484 e. The van der Waals surface area contributed by atoms with Gasteiger partial charge in [0.15, 0.2) is 11.6 Å². The van der Waals surface area contributed by atoms with Crippen molar-refractivity contribution in [2.24, 2.45) is 0 Å². The van der Waals surface area contributed by atoms with Crippen molar-refractivity contribution in [1.29, 1.82) is 0 Å². The summed E-state index contributed by atoms with van der Waals surface area (Å²) in [6, 6.07) is 8.81. The first-order chi connectivity index (χ1) is 11.5. The van der Waals surface area contributed by atoms with Gasteiger partial charge in [-0.1, -0.05) is 6.07 Å². The molecule has 0 saturated carbocycles. The highest BCUT2D eigenvalue weighted by Crippen LogP contribution is 2.24. The van der Waals surface area contributed by atoms with Gasteiger partial charge in [-0.05, 0) is 24.3 Å². The highest BCUT2D eigenvalue weighted by Gasteiger charge is 2.13. The Morgan fingerprint density at radius 2 is 2.04 bits per heavy atom. The van der Waals surface area contributed by atoms with Crippen molar-refractivity contribution >= 4 is 5.69 Å². The van der Waals surface area contributed by atoms with E-state index in [9.17, 15) is 18.9 Å². The summed E-state index contributed by atoms with van der Waals surface area (Å²) < 4.78 is 37.4. The van der Waals surface area contributed by atoms with E-state index in [0.29, 0.717) is 11.3 Å². The van der Waals surface area contributed by atoms with E-state index in [1.54, 1.807) is 6.07 Å². The van der Waals surface area contributed by atoms with Crippen molar-refractivity contribution in [3.63, 3.8) is 0 Å². The number of hydrogen-bond acceptors (Lipinski definition) is 5. The maximum absolute atomic E-state index is 13.7. The number of ether oxygens (including phenoxy) is 1. The van der Waals surface area contributed by atoms with Crippen LogP contribution in [0.1, 0.15) is 5.69 Å². The van der Waals surface area contributed by atoms with Crippen LogP contribution in [0.4, 0.5) is 14.5 Å². The minimum absolute atomic E-state index is 0.104. The van der Waals surface area contributed by atoms with E-state index in [1.165, 1.54) is 30.5 Å². The van der Waals surface area contributed by atoms with E-state index in [-0.39, 0.29) is 23.9 Å². The molecule has 8 heteroatoms. The Labute approximate surface area is 134 Å². The Bertz CT molecular complexity index is 895. The van der Waals surface area contributed by atoms with Gasteiger partial charge in [-0.3, -0.25) is 10.1 Å². The van der Waals surface area contributed by atoms with Crippen molar-refractivity contribution in [1.82, 2.24) is 4.98 Å². The smallest absolute Gasteiger partial charge is 0.272 e. The predicted octanol–water partition coefficient (Wildman–Crippen LogP) is 4.11. The molecular formula is C16H10F2N2O4. The van der Waals surface area contributed by atoms with Crippen LogP contribution in [0.25, 0.3) is 11.5 Å². The van der Waals surface area contributed by atoms with Crippen LogP contribution >= 0.6 is 0 Å². The molecule has 0 N–H and O–H groups in total. The van der Waals surface area contributed by atoms with Gasteiger partial charge in [0.05, 0.1) is 11.0 Å². The van der Waals surface area contributed by atoms with Gasteiger partial charge in [0, 0.05) is 11.6 Å². The third-order valence-electron chi connectivity index (χ3n) is 3.13. The third kappa shape index (κ3) is 3.37. The van der Waals surface area contributed by atoms with Crippen molar-refractivity contribution in [3.8, 4) is 17.2 Å². The second-order valence-corrected chi connectivity index (χ2v) is 4.81. The highest BCUT2D eigenvalue weighted by atomic mass is 19.1. The molecule has 1 heterocycles. The van der Waals surface area contributed by atoms with E-state index in [1.807, 2.05) is 0 Å². The quantitative estimate of drug-likeness (QED) is 0.519. The third-order valence-corrected chi connectivity index (χ3v) is 3.13. The molecule has 6 nitrogen and oxygen atoms in total. The zero-order chi connectivity index (χ0) is 17.1. The van der Waals surface area contributed by atoms with Crippen LogP contribution < -0.4 is 4.74 Å². The van der Waals surface area contributed by atoms with E-state index in [4.69, 9.17) is 9.15 Å². The zero-order valence-corrected chi connectivity index (χ0v) is 12.1. The molecule has 0 aliphatic rings. The number of rotatable bonds is 5. The van der Waals surface area contributed by atoms with E-state index < -0.39 is 16.6 Å². The second-order valence-electron chi connectivity index (χ2n) is 4.81. The van der Waals surface area contributed by atoms with Crippen LogP contribution in [0.5, 0.6) is 5.75 Å². The van der Waals surface area contributed by atoms with E-state index in [2.05, 4.69) is 4.98 Å². The number of nitrogens with zero attached hydrogens (tertiary/aromatic N) is 2. The fourth-order valence-electron chi connectivity index (χ4n) is 2.00. The number of oxazole rings is 1. The van der Waals surface area contributed by atoms with Crippen molar-refractivity contribution in [3.05, 3.63) is 76.2 Å². The van der Waals surface area contributed by atoms with Crippen molar-refractivity contribution < 1.29 is 22.9 Å². The van der Waals surface area contributed by atoms with Gasteiger partial charge in [0.1, 0.15) is 24.4 Å². The van der Waals surface area contributed by atoms with Crippen LogP contribution in [-0.2, 0) is 6.61 Å². The Morgan fingerprint density at radius 1 is 1.21 bits per heavy atom. The molecule has 1 aromatic heterocycles. The standard InChI is InChI=1S/C16H10F2N2O4/c17-11-3-1-2-10(6-11)16-19-12(9-24-16)8-23-15-5-4-13(20(21)22)7-14(15)18/h1-7,9H,8H2. The summed E-state index contributed by atoms with van der Waals surface area (Å²) in [4.78, 5) is 14.0. The van der Waals surface area contributed by atoms with Crippen molar-refractivity contribution in [2.75, 3.05) is 0 Å². The second kappa shape index (κ2) is 6.45. The zero-order valence-electron chi connectivity index (χ0n) is 12.1. The molecule has 0 spiro atoms. The molecule has 0 aliphatic heterocycles. The normalized spacial score (nSPS) is 10.6. The van der Waals surface area contributed by atoms with Crippen LogP contribution in [0.2, 0.25) is 0 Å². The lowest BCUT2D eigenvalue weighted by Gasteiger charge is -2.04. The van der Waals surface area contributed by atoms with Crippen LogP contribution in [0.15, 0.2) is 53.1 Å². The van der Waals surface area contributed by atoms with Gasteiger partial charge in [0.2, 0.25) is 5.89 Å². The van der Waals surface area contributed by atoms with Gasteiger partial charge in [-0.25, -0.2) is 13.8 Å². The molecule has 0 atom stereocenters. The number of aromatic nitrogens is 1. The van der Waals surface area contributed by atoms with Gasteiger partial charge >= 0.3 is 0 Å². The minimum atomic E-state index is -0.849. The molecule has 0 unspecified atom stereocenters. The van der Waals surface area contributed by atoms with Crippen molar-refractivity contribution in [2.45, 2.75) is 6.61 Å². The summed E-state index contributed by atoms with van der Waals surface area (Å²) >= 11 is 0. The maximum Gasteiger partial charge on any atom is 0.272 e. The summed E-state index contributed by atoms with van der Waals surface area (Å²) in [6.45, 7) is -0.104. The Hall–Kier alpha value is -3.29. The first-order valence-corrected chi connectivity index (χ1v) is 6.80. The predicted molar refractivity (Wildman–Crippen MR) is 79.3 cm³/mol. The number of nitro benzene ring substituents is 1. The monoisotopic (exact) mass is 332 g/mol. The molecule has 2 aromatic carbocycles. The molecule has 0 saturated heterocycles. The molecule has 0 amide bonds. The lowest BCUT2D eigenvalue weighted by Crippen LogP contribution is -1.98. The summed E-state index contributed by atoms with van der Waals surface area (Å²) in [7, 11) is 0. The SMILES string of the molecule is O=[N+]([O-])c1ccc(OCc2coc(-c3cccc(F)c3)n2)c(F)c1. The summed E-state index contributed by atoms with van der Waals surface area (Å²) in [5, 5.41) is 10.6. The minimum Gasteiger partial charge on any atom is -0.484 e. The van der Waals surface area contributed by atoms with Crippen LogP contribution in [0, 0.1) is 21.7 Å². The average Bonchev–Trinajstić information content (AvgIpc) is 3.02. The number of nitro groups is 1. The lowest BCUT2D eigenvalue weighted by atomic mass is 10.2.